The topological polar surface area (TPSA) is 54.9 Å². The van der Waals surface area contributed by atoms with Crippen LogP contribution < -0.4 is 10.6 Å². The number of guanidine groups is 1. The third-order valence-electron chi connectivity index (χ3n) is 4.72. The Labute approximate surface area is 185 Å². The highest BCUT2D eigenvalue weighted by Gasteiger charge is 2.21. The fourth-order valence-corrected chi connectivity index (χ4v) is 2.99. The summed E-state index contributed by atoms with van der Waals surface area (Å²) < 4.78 is 24.7. The molecule has 1 aromatic rings. The van der Waals surface area contributed by atoms with Crippen LogP contribution in [0.1, 0.15) is 45.6 Å². The molecule has 1 fully saturated rings. The van der Waals surface area contributed by atoms with E-state index in [0.29, 0.717) is 12.6 Å². The van der Waals surface area contributed by atoms with E-state index in [1.54, 1.807) is 12.1 Å². The first kappa shape index (κ1) is 25.1. The maximum Gasteiger partial charge on any atom is 0.191 e. The van der Waals surface area contributed by atoms with Crippen LogP contribution in [0, 0.1) is 5.82 Å². The number of nitrogens with one attached hydrogen (secondary N) is 2. The van der Waals surface area contributed by atoms with Crippen molar-refractivity contribution in [1.82, 2.24) is 10.6 Å². The highest BCUT2D eigenvalue weighted by molar-refractivity contribution is 14.0. The first-order valence-electron chi connectivity index (χ1n) is 9.99. The standard InChI is InChI=1S/C21H34FN3O2.HI/c1-4-23-20(24-11-6-12-27-19-9-13-26-14-10-19)25-16-21(2,3)17-7-5-8-18(22)15-17;/h5,7-8,15,19H,4,6,9-14,16H2,1-3H3,(H2,23,24,25);1H. The first-order valence-corrected chi connectivity index (χ1v) is 9.99. The molecule has 0 atom stereocenters. The van der Waals surface area contributed by atoms with Crippen LogP contribution in [-0.2, 0) is 14.9 Å². The van der Waals surface area contributed by atoms with Crippen molar-refractivity contribution >= 4 is 29.9 Å². The summed E-state index contributed by atoms with van der Waals surface area (Å²) in [6.45, 7) is 10.7. The van der Waals surface area contributed by atoms with Gasteiger partial charge in [0.05, 0.1) is 12.6 Å². The van der Waals surface area contributed by atoms with Crippen LogP contribution in [0.15, 0.2) is 29.3 Å². The normalized spacial score (nSPS) is 15.8. The molecule has 1 heterocycles. The molecule has 0 aliphatic carbocycles. The van der Waals surface area contributed by atoms with E-state index in [9.17, 15) is 4.39 Å². The average molecular weight is 507 g/mol. The Balaban J connectivity index is 0.00000392. The molecule has 1 aliphatic rings. The van der Waals surface area contributed by atoms with Crippen molar-refractivity contribution in [3.63, 3.8) is 0 Å². The second kappa shape index (κ2) is 13.3. The molecule has 0 spiro atoms. The minimum atomic E-state index is -0.239. The van der Waals surface area contributed by atoms with Crippen LogP contribution in [0.25, 0.3) is 0 Å². The average Bonchev–Trinajstić information content (AvgIpc) is 2.66. The number of aliphatic imine (C=N–C) groups is 1. The second-order valence-electron chi connectivity index (χ2n) is 7.55. The Bertz CT molecular complexity index is 593. The first-order chi connectivity index (χ1) is 13.0. The fraction of sp³-hybridized carbons (Fsp3) is 0.667. The van der Waals surface area contributed by atoms with Crippen LogP contribution in [0.5, 0.6) is 0 Å². The highest BCUT2D eigenvalue weighted by Crippen LogP contribution is 2.24. The van der Waals surface area contributed by atoms with Crippen LogP contribution in [0.3, 0.4) is 0 Å². The minimum absolute atomic E-state index is 0. The number of hydrogen-bond acceptors (Lipinski definition) is 3. The lowest BCUT2D eigenvalue weighted by atomic mass is 9.85. The van der Waals surface area contributed by atoms with Crippen molar-refractivity contribution in [3.8, 4) is 0 Å². The van der Waals surface area contributed by atoms with Gasteiger partial charge in [-0.1, -0.05) is 26.0 Å². The van der Waals surface area contributed by atoms with Crippen molar-refractivity contribution in [1.29, 1.82) is 0 Å². The maximum absolute atomic E-state index is 13.5. The number of rotatable bonds is 9. The zero-order valence-corrected chi connectivity index (χ0v) is 19.6. The van der Waals surface area contributed by atoms with Crippen LogP contribution in [-0.4, -0.2) is 51.5 Å². The van der Waals surface area contributed by atoms with E-state index >= 15 is 0 Å². The quantitative estimate of drug-likeness (QED) is 0.231. The SMILES string of the molecule is CCNC(=NCC(C)(C)c1cccc(F)c1)NCCCOC1CCOCC1.I. The van der Waals surface area contributed by atoms with Crippen molar-refractivity contribution in [3.05, 3.63) is 35.6 Å². The molecule has 28 heavy (non-hydrogen) atoms. The molecule has 0 bridgehead atoms. The van der Waals surface area contributed by atoms with Crippen LogP contribution in [0.4, 0.5) is 4.39 Å². The number of benzene rings is 1. The van der Waals surface area contributed by atoms with Gasteiger partial charge in [-0.3, -0.25) is 4.99 Å². The van der Waals surface area contributed by atoms with E-state index in [1.807, 2.05) is 13.0 Å². The van der Waals surface area contributed by atoms with Gasteiger partial charge in [-0.15, -0.1) is 24.0 Å². The van der Waals surface area contributed by atoms with Crippen LogP contribution in [0.2, 0.25) is 0 Å². The molecular weight excluding hydrogens is 472 g/mol. The van der Waals surface area contributed by atoms with E-state index in [2.05, 4.69) is 24.5 Å². The smallest absolute Gasteiger partial charge is 0.191 e. The van der Waals surface area contributed by atoms with Gasteiger partial charge >= 0.3 is 0 Å². The molecule has 0 radical (unpaired) electrons. The summed E-state index contributed by atoms with van der Waals surface area (Å²) in [5.74, 6) is 0.576. The lowest BCUT2D eigenvalue weighted by Gasteiger charge is -2.24. The number of hydrogen-bond donors (Lipinski definition) is 2. The number of halogens is 2. The molecule has 1 saturated heterocycles. The molecule has 2 rings (SSSR count). The third-order valence-corrected chi connectivity index (χ3v) is 4.72. The molecule has 160 valence electrons. The largest absolute Gasteiger partial charge is 0.381 e. The lowest BCUT2D eigenvalue weighted by Crippen LogP contribution is -2.39. The van der Waals surface area contributed by atoms with Gasteiger partial charge in [-0.05, 0) is 43.9 Å². The summed E-state index contributed by atoms with van der Waals surface area (Å²) in [5, 5.41) is 6.62. The Hall–Kier alpha value is -0.930. The highest BCUT2D eigenvalue weighted by atomic mass is 127. The predicted octanol–water partition coefficient (Wildman–Crippen LogP) is 3.86. The molecular formula is C21H35FIN3O2. The van der Waals surface area contributed by atoms with Crippen molar-refractivity contribution in [2.45, 2.75) is 51.6 Å². The van der Waals surface area contributed by atoms with Gasteiger partial charge < -0.3 is 20.1 Å². The molecule has 2 N–H and O–H groups in total. The number of nitrogens with zero attached hydrogens (tertiary/aromatic N) is 1. The minimum Gasteiger partial charge on any atom is -0.381 e. The van der Waals surface area contributed by atoms with Gasteiger partial charge in [0.25, 0.3) is 0 Å². The van der Waals surface area contributed by atoms with Crippen molar-refractivity contribution < 1.29 is 13.9 Å². The van der Waals surface area contributed by atoms with Crippen molar-refractivity contribution in [2.24, 2.45) is 4.99 Å². The zero-order valence-electron chi connectivity index (χ0n) is 17.3. The monoisotopic (exact) mass is 507 g/mol. The van der Waals surface area contributed by atoms with Gasteiger partial charge in [0, 0.05) is 38.3 Å². The van der Waals surface area contributed by atoms with E-state index in [1.165, 1.54) is 6.07 Å². The van der Waals surface area contributed by atoms with Gasteiger partial charge in [0.2, 0.25) is 0 Å². The third kappa shape index (κ3) is 9.05. The van der Waals surface area contributed by atoms with E-state index in [4.69, 9.17) is 14.5 Å². The molecule has 0 amide bonds. The van der Waals surface area contributed by atoms with Gasteiger partial charge in [0.1, 0.15) is 5.82 Å². The lowest BCUT2D eigenvalue weighted by molar-refractivity contribution is -0.0320. The van der Waals surface area contributed by atoms with Crippen LogP contribution >= 0.6 is 24.0 Å². The summed E-state index contributed by atoms with van der Waals surface area (Å²) in [6, 6.07) is 6.75. The van der Waals surface area contributed by atoms with Gasteiger partial charge in [-0.25, -0.2) is 4.39 Å². The van der Waals surface area contributed by atoms with E-state index in [0.717, 1.165) is 63.7 Å². The van der Waals surface area contributed by atoms with Gasteiger partial charge in [0.15, 0.2) is 5.96 Å². The Kier molecular flexibility index (Phi) is 11.9. The maximum atomic E-state index is 13.5. The Morgan fingerprint density at radius 3 is 2.71 bits per heavy atom. The summed E-state index contributed by atoms with van der Waals surface area (Å²) in [5.41, 5.74) is 0.711. The van der Waals surface area contributed by atoms with E-state index in [-0.39, 0.29) is 35.2 Å². The molecule has 0 aromatic heterocycles. The fourth-order valence-electron chi connectivity index (χ4n) is 2.99. The predicted molar refractivity (Wildman–Crippen MR) is 123 cm³/mol. The summed E-state index contributed by atoms with van der Waals surface area (Å²) in [4.78, 5) is 4.69. The Morgan fingerprint density at radius 2 is 2.04 bits per heavy atom. The zero-order chi connectivity index (χ0) is 19.5. The summed E-state index contributed by atoms with van der Waals surface area (Å²) >= 11 is 0. The van der Waals surface area contributed by atoms with Crippen molar-refractivity contribution in [2.75, 3.05) is 39.5 Å². The summed E-state index contributed by atoms with van der Waals surface area (Å²) in [7, 11) is 0. The Morgan fingerprint density at radius 1 is 1.29 bits per heavy atom. The molecule has 1 aromatic carbocycles. The second-order valence-corrected chi connectivity index (χ2v) is 7.55. The summed E-state index contributed by atoms with van der Waals surface area (Å²) in [6.07, 6.45) is 3.25. The molecule has 0 unspecified atom stereocenters. The molecule has 0 saturated carbocycles. The van der Waals surface area contributed by atoms with Gasteiger partial charge in [-0.2, -0.15) is 0 Å². The molecule has 7 heteroatoms. The molecule has 5 nitrogen and oxygen atoms in total. The van der Waals surface area contributed by atoms with E-state index < -0.39 is 0 Å². The number of ether oxygens (including phenoxy) is 2. The molecule has 1 aliphatic heterocycles.